The maximum Gasteiger partial charge on any atom is 0.254 e. The number of para-hydroxylation sites is 1. The number of benzene rings is 2. The molecule has 1 amide bonds. The quantitative estimate of drug-likeness (QED) is 0.606. The molecule has 3 heterocycles. The highest BCUT2D eigenvalue weighted by molar-refractivity contribution is 8.00. The molecule has 2 aromatic carbocycles. The molecule has 2 aliphatic rings. The lowest BCUT2D eigenvalue weighted by molar-refractivity contribution is 0.0605. The van der Waals surface area contributed by atoms with Gasteiger partial charge in [0.05, 0.1) is 10.4 Å². The molecule has 0 radical (unpaired) electrons. The van der Waals surface area contributed by atoms with Gasteiger partial charge in [-0.1, -0.05) is 36.4 Å². The normalized spacial score (nSPS) is 19.2. The lowest BCUT2D eigenvalue weighted by Crippen LogP contribution is -2.53. The zero-order chi connectivity index (χ0) is 21.5. The third kappa shape index (κ3) is 3.52. The zero-order valence-electron chi connectivity index (χ0n) is 17.0. The predicted molar refractivity (Wildman–Crippen MR) is 122 cm³/mol. The van der Waals surface area contributed by atoms with Gasteiger partial charge in [-0.05, 0) is 37.1 Å². The van der Waals surface area contributed by atoms with Crippen LogP contribution in [-0.4, -0.2) is 58.8 Å². The van der Waals surface area contributed by atoms with E-state index in [0.717, 1.165) is 11.1 Å². The van der Waals surface area contributed by atoms with Gasteiger partial charge < -0.3 is 4.90 Å². The first-order valence-electron chi connectivity index (χ1n) is 10.4. The lowest BCUT2D eigenvalue weighted by Gasteiger charge is -2.43. The number of hydrogen-bond acceptors (Lipinski definition) is 5. The van der Waals surface area contributed by atoms with Crippen molar-refractivity contribution in [3.05, 3.63) is 72.4 Å². The third-order valence-electron chi connectivity index (χ3n) is 6.16. The van der Waals surface area contributed by atoms with Crippen LogP contribution in [0.1, 0.15) is 23.2 Å². The van der Waals surface area contributed by atoms with E-state index in [0.29, 0.717) is 43.6 Å². The van der Waals surface area contributed by atoms with Crippen molar-refractivity contribution in [3.8, 4) is 0 Å². The fourth-order valence-electron chi connectivity index (χ4n) is 4.55. The number of thioether (sulfide) groups is 1. The van der Waals surface area contributed by atoms with Gasteiger partial charge in [-0.25, -0.2) is 8.42 Å². The van der Waals surface area contributed by atoms with E-state index < -0.39 is 10.0 Å². The molecule has 0 atom stereocenters. The lowest BCUT2D eigenvalue weighted by atomic mass is 10.0. The Labute approximate surface area is 186 Å². The molecule has 5 rings (SSSR count). The molecule has 0 N–H and O–H groups in total. The molecule has 1 spiro atoms. The Morgan fingerprint density at radius 3 is 2.45 bits per heavy atom. The maximum absolute atomic E-state index is 13.4. The van der Waals surface area contributed by atoms with Crippen LogP contribution in [0.4, 0.5) is 0 Å². The zero-order valence-corrected chi connectivity index (χ0v) is 18.6. The number of carbonyl (C=O) groups excluding carboxylic acids is 1. The molecule has 0 aliphatic carbocycles. The van der Waals surface area contributed by atoms with E-state index in [4.69, 9.17) is 0 Å². The second-order valence-corrected chi connectivity index (χ2v) is 11.2. The first kappa shape index (κ1) is 20.5. The summed E-state index contributed by atoms with van der Waals surface area (Å²) in [5.74, 6) is 0.902. The monoisotopic (exact) mass is 453 g/mol. The molecular weight excluding hydrogens is 430 g/mol. The number of nitrogens with zero attached hydrogens (tertiary/aromatic N) is 3. The Balaban J connectivity index is 1.39. The summed E-state index contributed by atoms with van der Waals surface area (Å²) in [4.78, 5) is 19.3. The summed E-state index contributed by atoms with van der Waals surface area (Å²) in [6.45, 7) is 1.46. The SMILES string of the molecule is O=C(c1ccccc1)N1CCSC12CCN(S(=O)(=O)c1cccc3cccnc13)CC2. The molecule has 0 unspecified atom stereocenters. The Bertz CT molecular complexity index is 1220. The molecule has 0 bridgehead atoms. The van der Waals surface area contributed by atoms with Crippen LogP contribution in [-0.2, 0) is 10.0 Å². The first-order valence-corrected chi connectivity index (χ1v) is 12.8. The molecule has 1 aromatic heterocycles. The fraction of sp³-hybridized carbons (Fsp3) is 0.304. The maximum atomic E-state index is 13.4. The smallest absolute Gasteiger partial charge is 0.254 e. The minimum Gasteiger partial charge on any atom is -0.323 e. The van der Waals surface area contributed by atoms with E-state index in [1.807, 2.05) is 47.4 Å². The molecule has 3 aromatic rings. The number of pyridine rings is 1. The summed E-state index contributed by atoms with van der Waals surface area (Å²) in [5.41, 5.74) is 1.18. The van der Waals surface area contributed by atoms with Gasteiger partial charge in [0.15, 0.2) is 0 Å². The van der Waals surface area contributed by atoms with Crippen LogP contribution in [0.15, 0.2) is 71.8 Å². The van der Waals surface area contributed by atoms with Gasteiger partial charge in [0.1, 0.15) is 4.90 Å². The summed E-state index contributed by atoms with van der Waals surface area (Å²) >= 11 is 1.78. The molecule has 2 fully saturated rings. The van der Waals surface area contributed by atoms with E-state index >= 15 is 0 Å². The van der Waals surface area contributed by atoms with Gasteiger partial charge >= 0.3 is 0 Å². The van der Waals surface area contributed by atoms with Crippen LogP contribution < -0.4 is 0 Å². The molecule has 160 valence electrons. The average molecular weight is 454 g/mol. The van der Waals surface area contributed by atoms with E-state index in [9.17, 15) is 13.2 Å². The summed E-state index contributed by atoms with van der Waals surface area (Å²) < 4.78 is 28.4. The van der Waals surface area contributed by atoms with Crippen molar-refractivity contribution >= 4 is 38.6 Å². The first-order chi connectivity index (χ1) is 15.0. The van der Waals surface area contributed by atoms with Gasteiger partial charge in [0.2, 0.25) is 10.0 Å². The van der Waals surface area contributed by atoms with Gasteiger partial charge in [0, 0.05) is 42.5 Å². The van der Waals surface area contributed by atoms with Crippen LogP contribution in [0.3, 0.4) is 0 Å². The number of piperidine rings is 1. The van der Waals surface area contributed by atoms with Crippen LogP contribution in [0.2, 0.25) is 0 Å². The minimum atomic E-state index is -3.67. The number of aromatic nitrogens is 1. The van der Waals surface area contributed by atoms with Crippen molar-refractivity contribution in [2.45, 2.75) is 22.6 Å². The van der Waals surface area contributed by atoms with Crippen LogP contribution >= 0.6 is 11.8 Å². The number of carbonyl (C=O) groups is 1. The second kappa shape index (κ2) is 7.93. The van der Waals surface area contributed by atoms with Crippen LogP contribution in [0.5, 0.6) is 0 Å². The van der Waals surface area contributed by atoms with Crippen molar-refractivity contribution in [2.24, 2.45) is 0 Å². The van der Waals surface area contributed by atoms with Gasteiger partial charge in [-0.15, -0.1) is 11.8 Å². The van der Waals surface area contributed by atoms with E-state index in [1.54, 1.807) is 40.5 Å². The van der Waals surface area contributed by atoms with E-state index in [-0.39, 0.29) is 15.7 Å². The Kier molecular flexibility index (Phi) is 5.24. The topological polar surface area (TPSA) is 70.6 Å². The number of hydrogen-bond donors (Lipinski definition) is 0. The standard InChI is InChI=1S/C23H23N3O3S2/c27-22(19-6-2-1-3-7-19)26-16-17-30-23(26)11-14-25(15-12-23)31(28,29)20-10-4-8-18-9-5-13-24-21(18)20/h1-10,13H,11-12,14-17H2. The number of sulfonamides is 1. The molecule has 2 saturated heterocycles. The van der Waals surface area contributed by atoms with Crippen molar-refractivity contribution < 1.29 is 13.2 Å². The van der Waals surface area contributed by atoms with Crippen molar-refractivity contribution in [3.63, 3.8) is 0 Å². The second-order valence-electron chi connectivity index (χ2n) is 7.85. The van der Waals surface area contributed by atoms with Crippen molar-refractivity contribution in [2.75, 3.05) is 25.4 Å². The average Bonchev–Trinajstić information content (AvgIpc) is 3.21. The molecule has 31 heavy (non-hydrogen) atoms. The molecule has 6 nitrogen and oxygen atoms in total. The largest absolute Gasteiger partial charge is 0.323 e. The van der Waals surface area contributed by atoms with Crippen LogP contribution in [0.25, 0.3) is 10.9 Å². The highest BCUT2D eigenvalue weighted by Gasteiger charge is 2.48. The Morgan fingerprint density at radius 2 is 1.68 bits per heavy atom. The summed E-state index contributed by atoms with van der Waals surface area (Å²) in [7, 11) is -3.67. The van der Waals surface area contributed by atoms with Crippen LogP contribution in [0, 0.1) is 0 Å². The number of rotatable bonds is 3. The van der Waals surface area contributed by atoms with Crippen molar-refractivity contribution in [1.29, 1.82) is 0 Å². The molecule has 8 heteroatoms. The van der Waals surface area contributed by atoms with E-state index in [1.165, 1.54) is 0 Å². The summed E-state index contributed by atoms with van der Waals surface area (Å²) in [6, 6.07) is 18.3. The Hall–Kier alpha value is -2.42. The fourth-order valence-corrected chi connectivity index (χ4v) is 7.61. The van der Waals surface area contributed by atoms with Crippen molar-refractivity contribution in [1.82, 2.24) is 14.2 Å². The minimum absolute atomic E-state index is 0.0279. The van der Waals surface area contributed by atoms with Gasteiger partial charge in [-0.2, -0.15) is 4.31 Å². The van der Waals surface area contributed by atoms with Gasteiger partial charge in [0.25, 0.3) is 5.91 Å². The highest BCUT2D eigenvalue weighted by Crippen LogP contribution is 2.45. The van der Waals surface area contributed by atoms with E-state index in [2.05, 4.69) is 4.98 Å². The molecular formula is C23H23N3O3S2. The Morgan fingerprint density at radius 1 is 0.935 bits per heavy atom. The molecule has 0 saturated carbocycles. The third-order valence-corrected chi connectivity index (χ3v) is 9.64. The number of fused-ring (bicyclic) bond motifs is 1. The highest BCUT2D eigenvalue weighted by atomic mass is 32.2. The van der Waals surface area contributed by atoms with Gasteiger partial charge in [-0.3, -0.25) is 9.78 Å². The summed E-state index contributed by atoms with van der Waals surface area (Å²) in [5, 5.41) is 0.808. The predicted octanol–water partition coefficient (Wildman–Crippen LogP) is 3.60. The number of amides is 1. The summed E-state index contributed by atoms with van der Waals surface area (Å²) in [6.07, 6.45) is 2.86. The molecule has 2 aliphatic heterocycles.